The number of hydrogen-bond donors (Lipinski definition) is 1. The standard InChI is InChI=1S/C2H4FN3O4/c3-2(1-4,5(7)8)6(9)10/h1,4H2. The van der Waals surface area contributed by atoms with Crippen molar-refractivity contribution >= 4 is 0 Å². The summed E-state index contributed by atoms with van der Waals surface area (Å²) >= 11 is 0. The zero-order chi connectivity index (χ0) is 8.36. The van der Waals surface area contributed by atoms with Gasteiger partial charge in [-0.3, -0.25) is 20.2 Å². The van der Waals surface area contributed by atoms with Crippen LogP contribution in [0.3, 0.4) is 0 Å². The van der Waals surface area contributed by atoms with Crippen LogP contribution in [-0.2, 0) is 0 Å². The molecule has 0 rings (SSSR count). The van der Waals surface area contributed by atoms with E-state index < -0.39 is 22.3 Å². The smallest absolute Gasteiger partial charge is 0.315 e. The van der Waals surface area contributed by atoms with Crippen LogP contribution in [0, 0.1) is 20.2 Å². The van der Waals surface area contributed by atoms with Crippen molar-refractivity contribution in [3.8, 4) is 0 Å². The predicted octanol–water partition coefficient (Wildman–Crippen LogP) is -0.878. The highest BCUT2D eigenvalue weighted by atomic mass is 19.2. The molecule has 0 aromatic carbocycles. The van der Waals surface area contributed by atoms with Gasteiger partial charge in [0.1, 0.15) is 9.85 Å². The summed E-state index contributed by atoms with van der Waals surface area (Å²) in [5.41, 5.74) is 4.45. The van der Waals surface area contributed by atoms with Gasteiger partial charge in [0.05, 0.1) is 0 Å². The van der Waals surface area contributed by atoms with Crippen LogP contribution in [-0.4, -0.2) is 22.3 Å². The molecule has 0 amide bonds. The summed E-state index contributed by atoms with van der Waals surface area (Å²) < 4.78 is 12.2. The van der Waals surface area contributed by atoms with Gasteiger partial charge in [-0.25, -0.2) is 0 Å². The highest BCUT2D eigenvalue weighted by Gasteiger charge is 2.56. The van der Waals surface area contributed by atoms with Crippen molar-refractivity contribution < 1.29 is 14.2 Å². The first-order chi connectivity index (χ1) is 4.45. The molecule has 0 aliphatic carbocycles. The molecule has 0 aliphatic heterocycles. The lowest BCUT2D eigenvalue weighted by molar-refractivity contribution is -0.827. The Hall–Kier alpha value is -1.31. The molecule has 0 spiro atoms. The van der Waals surface area contributed by atoms with Gasteiger partial charge in [0.15, 0.2) is 6.54 Å². The third-order valence-electron chi connectivity index (χ3n) is 0.819. The van der Waals surface area contributed by atoms with Crippen LogP contribution in [0.5, 0.6) is 0 Å². The van der Waals surface area contributed by atoms with Gasteiger partial charge in [-0.1, -0.05) is 4.39 Å². The second-order valence-corrected chi connectivity index (χ2v) is 1.44. The van der Waals surface area contributed by atoms with Crippen LogP contribution in [0.15, 0.2) is 0 Å². The fraction of sp³-hybridized carbons (Fsp3) is 1.00. The molecule has 10 heavy (non-hydrogen) atoms. The fourth-order valence-electron chi connectivity index (χ4n) is 0.216. The van der Waals surface area contributed by atoms with Crippen molar-refractivity contribution in [2.75, 3.05) is 6.54 Å². The fourth-order valence-corrected chi connectivity index (χ4v) is 0.216. The Balaban J connectivity index is 4.55. The molecule has 2 N–H and O–H groups in total. The summed E-state index contributed by atoms with van der Waals surface area (Å²) in [5, 5.41) is 19.2. The summed E-state index contributed by atoms with van der Waals surface area (Å²) in [6, 6.07) is 0. The van der Waals surface area contributed by atoms with Crippen LogP contribution in [0.2, 0.25) is 0 Å². The molecule has 0 bridgehead atoms. The third kappa shape index (κ3) is 1.16. The van der Waals surface area contributed by atoms with E-state index in [9.17, 15) is 24.6 Å². The highest BCUT2D eigenvalue weighted by Crippen LogP contribution is 2.09. The molecular formula is C2H4FN3O4. The van der Waals surface area contributed by atoms with Gasteiger partial charge in [-0.15, -0.1) is 0 Å². The second-order valence-electron chi connectivity index (χ2n) is 1.44. The van der Waals surface area contributed by atoms with E-state index in [-0.39, 0.29) is 0 Å². The lowest BCUT2D eigenvalue weighted by atomic mass is 10.5. The van der Waals surface area contributed by atoms with E-state index >= 15 is 0 Å². The van der Waals surface area contributed by atoms with Gasteiger partial charge in [-0.2, -0.15) is 0 Å². The Labute approximate surface area is 53.9 Å². The normalized spacial score (nSPS) is 11.0. The average Bonchev–Trinajstić information content (AvgIpc) is 1.85. The Morgan fingerprint density at radius 1 is 1.40 bits per heavy atom. The summed E-state index contributed by atoms with van der Waals surface area (Å²) in [6.07, 6.45) is 0. The van der Waals surface area contributed by atoms with Crippen LogP contribution >= 0.6 is 0 Å². The first kappa shape index (κ1) is 8.69. The number of nitro groups is 2. The first-order valence-electron chi connectivity index (χ1n) is 2.13. The van der Waals surface area contributed by atoms with Crippen molar-refractivity contribution in [2.24, 2.45) is 5.73 Å². The zero-order valence-corrected chi connectivity index (χ0v) is 4.69. The quantitative estimate of drug-likeness (QED) is 0.245. The van der Waals surface area contributed by atoms with Crippen LogP contribution in [0.4, 0.5) is 4.39 Å². The average molecular weight is 153 g/mol. The maximum absolute atomic E-state index is 12.2. The number of hydrogen-bond acceptors (Lipinski definition) is 5. The largest absolute Gasteiger partial charge is 0.626 e. The van der Waals surface area contributed by atoms with E-state index in [0.29, 0.717) is 0 Å². The summed E-state index contributed by atoms with van der Waals surface area (Å²) in [5.74, 6) is -3.74. The Morgan fingerprint density at radius 3 is 1.70 bits per heavy atom. The van der Waals surface area contributed by atoms with Gasteiger partial charge in [0.25, 0.3) is 0 Å². The predicted molar refractivity (Wildman–Crippen MR) is 26.9 cm³/mol. The van der Waals surface area contributed by atoms with Gasteiger partial charge < -0.3 is 5.73 Å². The molecule has 8 heteroatoms. The molecule has 0 aromatic heterocycles. The van der Waals surface area contributed by atoms with E-state index in [2.05, 4.69) is 5.73 Å². The first-order valence-corrected chi connectivity index (χ1v) is 2.13. The van der Waals surface area contributed by atoms with E-state index in [1.807, 2.05) is 0 Å². The molecule has 0 atom stereocenters. The van der Waals surface area contributed by atoms with Gasteiger partial charge in [0, 0.05) is 0 Å². The molecule has 58 valence electrons. The summed E-state index contributed by atoms with van der Waals surface area (Å²) in [4.78, 5) is 15.9. The lowest BCUT2D eigenvalue weighted by Gasteiger charge is -2.03. The Bertz CT molecular complexity index is 156. The molecule has 0 heterocycles. The van der Waals surface area contributed by atoms with Crippen molar-refractivity contribution in [3.05, 3.63) is 20.2 Å². The monoisotopic (exact) mass is 153 g/mol. The Kier molecular flexibility index (Phi) is 2.19. The molecule has 0 aromatic rings. The van der Waals surface area contributed by atoms with Crippen molar-refractivity contribution in [1.82, 2.24) is 0 Å². The molecule has 0 radical (unpaired) electrons. The van der Waals surface area contributed by atoms with E-state index in [1.165, 1.54) is 0 Å². The van der Waals surface area contributed by atoms with Gasteiger partial charge >= 0.3 is 5.92 Å². The number of halogens is 1. The number of nitrogens with zero attached hydrogens (tertiary/aromatic N) is 2. The maximum Gasteiger partial charge on any atom is 0.626 e. The Morgan fingerprint density at radius 2 is 1.70 bits per heavy atom. The second kappa shape index (κ2) is 2.52. The molecule has 0 aliphatic rings. The van der Waals surface area contributed by atoms with E-state index in [1.54, 1.807) is 0 Å². The highest BCUT2D eigenvalue weighted by molar-refractivity contribution is 4.50. The molecule has 0 saturated carbocycles. The van der Waals surface area contributed by atoms with E-state index in [0.717, 1.165) is 0 Å². The van der Waals surface area contributed by atoms with Gasteiger partial charge in [0.2, 0.25) is 0 Å². The van der Waals surface area contributed by atoms with Crippen LogP contribution in [0.25, 0.3) is 0 Å². The molecule has 7 nitrogen and oxygen atoms in total. The minimum atomic E-state index is -3.74. The maximum atomic E-state index is 12.2. The minimum absolute atomic E-state index is 1.27. The van der Waals surface area contributed by atoms with Crippen molar-refractivity contribution in [2.45, 2.75) is 5.92 Å². The SMILES string of the molecule is NCC(F)([N+](=O)[O-])[N+](=O)[O-]. The number of rotatable bonds is 3. The number of nitrogens with two attached hydrogens (primary N) is 1. The minimum Gasteiger partial charge on any atom is -0.315 e. The number of alkyl halides is 1. The van der Waals surface area contributed by atoms with Crippen molar-refractivity contribution in [3.63, 3.8) is 0 Å². The third-order valence-corrected chi connectivity index (χ3v) is 0.819. The molecule has 0 saturated heterocycles. The summed E-state index contributed by atoms with van der Waals surface area (Å²) in [7, 11) is 0. The topological polar surface area (TPSA) is 112 Å². The molecular weight excluding hydrogens is 149 g/mol. The molecule has 0 unspecified atom stereocenters. The van der Waals surface area contributed by atoms with E-state index in [4.69, 9.17) is 0 Å². The van der Waals surface area contributed by atoms with Gasteiger partial charge in [-0.05, 0) is 0 Å². The van der Waals surface area contributed by atoms with Crippen LogP contribution < -0.4 is 5.73 Å². The summed E-state index contributed by atoms with van der Waals surface area (Å²) in [6.45, 7) is -1.27. The van der Waals surface area contributed by atoms with Crippen molar-refractivity contribution in [1.29, 1.82) is 0 Å². The molecule has 0 fully saturated rings. The lowest BCUT2D eigenvalue weighted by Crippen LogP contribution is -2.48. The zero-order valence-electron chi connectivity index (χ0n) is 4.69. The van der Waals surface area contributed by atoms with Crippen LogP contribution in [0.1, 0.15) is 0 Å².